The summed E-state index contributed by atoms with van der Waals surface area (Å²) in [5.41, 5.74) is -21.0. The van der Waals surface area contributed by atoms with E-state index in [9.17, 15) is 92.9 Å². The lowest BCUT2D eigenvalue weighted by Crippen LogP contribution is -2.45. The molecule has 0 saturated heterocycles. The zero-order chi connectivity index (χ0) is 29.5. The van der Waals surface area contributed by atoms with Crippen LogP contribution in [0.4, 0.5) is 87.8 Å². The van der Waals surface area contributed by atoms with Crippen LogP contribution in [0.1, 0.15) is 27.8 Å². The summed E-state index contributed by atoms with van der Waals surface area (Å²) in [6, 6.07) is 0. The Hall–Kier alpha value is -2.38. The summed E-state index contributed by atoms with van der Waals surface area (Å²) in [4.78, 5) is 0. The van der Waals surface area contributed by atoms with E-state index < -0.39 is 88.9 Å². The minimum absolute atomic E-state index is 1.00. The van der Waals surface area contributed by atoms with Crippen LogP contribution in [0.5, 0.6) is 5.75 Å². The van der Waals surface area contributed by atoms with Crippen LogP contribution < -0.4 is 0 Å². The molecular formula is C15H4F20O. The van der Waals surface area contributed by atoms with E-state index in [0.717, 1.165) is 0 Å². The molecule has 21 heteroatoms. The summed E-state index contributed by atoms with van der Waals surface area (Å²) >= 11 is 0. The van der Waals surface area contributed by atoms with Crippen LogP contribution in [0.3, 0.4) is 0 Å². The summed E-state index contributed by atoms with van der Waals surface area (Å²) in [5.74, 6) is -34.0. The zero-order valence-corrected chi connectivity index (χ0v) is 16.0. The number of aromatic hydroxyl groups is 1. The first-order valence-corrected chi connectivity index (χ1v) is 8.00. The Labute approximate surface area is 183 Å². The van der Waals surface area contributed by atoms with Crippen molar-refractivity contribution in [3.05, 3.63) is 27.8 Å². The van der Waals surface area contributed by atoms with Crippen LogP contribution in [-0.2, 0) is 23.7 Å². The van der Waals surface area contributed by atoms with Gasteiger partial charge in [-0.2, -0.15) is 87.8 Å². The highest BCUT2D eigenvalue weighted by molar-refractivity contribution is 5.62. The van der Waals surface area contributed by atoms with E-state index in [1.807, 2.05) is 0 Å². The summed E-state index contributed by atoms with van der Waals surface area (Å²) < 4.78 is 265. The number of phenols is 1. The van der Waals surface area contributed by atoms with Crippen molar-refractivity contribution in [2.45, 2.75) is 55.3 Å². The van der Waals surface area contributed by atoms with Gasteiger partial charge in [-0.15, -0.1) is 0 Å². The number of alkyl halides is 20. The molecule has 0 aromatic heterocycles. The number of hydrogen-bond acceptors (Lipinski definition) is 1. The molecule has 0 fully saturated rings. The first kappa shape index (κ1) is 31.6. The third kappa shape index (κ3) is 4.45. The van der Waals surface area contributed by atoms with Gasteiger partial charge < -0.3 is 5.11 Å². The Balaban J connectivity index is 4.84. The second kappa shape index (κ2) is 8.06. The van der Waals surface area contributed by atoms with Crippen molar-refractivity contribution in [1.82, 2.24) is 0 Å². The molecule has 210 valence electrons. The van der Waals surface area contributed by atoms with Gasteiger partial charge in [0.2, 0.25) is 0 Å². The molecule has 0 spiro atoms. The minimum atomic E-state index is -7.51. The summed E-state index contributed by atoms with van der Waals surface area (Å²) in [5, 5.41) is 9.37. The highest BCUT2D eigenvalue weighted by atomic mass is 19.4. The predicted molar refractivity (Wildman–Crippen MR) is 72.6 cm³/mol. The lowest BCUT2D eigenvalue weighted by atomic mass is 9.80. The summed E-state index contributed by atoms with van der Waals surface area (Å²) in [7, 11) is 0. The fraction of sp³-hybridized carbons (Fsp3) is 0.600. The zero-order valence-electron chi connectivity index (χ0n) is 16.0. The topological polar surface area (TPSA) is 20.2 Å². The first-order chi connectivity index (χ1) is 15.3. The van der Waals surface area contributed by atoms with Gasteiger partial charge in [-0.25, -0.2) is 0 Å². The largest absolute Gasteiger partial charge is 0.507 e. The van der Waals surface area contributed by atoms with Crippen molar-refractivity contribution in [2.24, 2.45) is 0 Å². The molecular weight excluding hydrogens is 576 g/mol. The maximum absolute atomic E-state index is 13.9. The van der Waals surface area contributed by atoms with Crippen molar-refractivity contribution >= 4 is 0 Å². The van der Waals surface area contributed by atoms with E-state index in [0.29, 0.717) is 0 Å². The molecule has 0 unspecified atom stereocenters. The fourth-order valence-electron chi connectivity index (χ4n) is 2.83. The molecule has 36 heavy (non-hydrogen) atoms. The third-order valence-electron chi connectivity index (χ3n) is 4.40. The third-order valence-corrected chi connectivity index (χ3v) is 4.40. The molecule has 1 aromatic carbocycles. The fourth-order valence-corrected chi connectivity index (χ4v) is 2.83. The second-order valence-electron chi connectivity index (χ2n) is 6.76. The molecule has 0 saturated carbocycles. The molecule has 0 heterocycles. The van der Waals surface area contributed by atoms with Gasteiger partial charge in [-0.05, 0) is 12.5 Å². The molecule has 0 radical (unpaired) electrons. The van der Waals surface area contributed by atoms with E-state index >= 15 is 0 Å². The van der Waals surface area contributed by atoms with E-state index in [1.54, 1.807) is 0 Å². The van der Waals surface area contributed by atoms with Crippen LogP contribution in [0.25, 0.3) is 0 Å². The summed E-state index contributed by atoms with van der Waals surface area (Å²) in [6.45, 7) is -1.00. The van der Waals surface area contributed by atoms with Crippen molar-refractivity contribution in [1.29, 1.82) is 0 Å². The predicted octanol–water partition coefficient (Wildman–Crippen LogP) is 8.32. The number of benzene rings is 1. The van der Waals surface area contributed by atoms with E-state index in [1.165, 1.54) is 0 Å². The van der Waals surface area contributed by atoms with E-state index in [2.05, 4.69) is 0 Å². The Bertz CT molecular complexity index is 844. The van der Waals surface area contributed by atoms with Gasteiger partial charge >= 0.3 is 48.4 Å². The Morgan fingerprint density at radius 2 is 0.528 bits per heavy atom. The van der Waals surface area contributed by atoms with Gasteiger partial charge in [0.05, 0.1) is 11.1 Å². The lowest BCUT2D eigenvalue weighted by Gasteiger charge is -2.35. The minimum Gasteiger partial charge on any atom is -0.507 e. The quantitative estimate of drug-likeness (QED) is 0.356. The average molecular weight is 580 g/mol. The van der Waals surface area contributed by atoms with Crippen LogP contribution in [-0.4, -0.2) is 29.8 Å². The first-order valence-electron chi connectivity index (χ1n) is 8.00. The van der Waals surface area contributed by atoms with Gasteiger partial charge in [0.25, 0.3) is 0 Å². The number of phenolic OH excluding ortho intramolecular Hbond substituents is 1. The molecule has 1 rings (SSSR count). The SMILES string of the molecule is Cc1c(C(F)(F)C(F)(F)F)c(C(F)(F)C(F)(F)F)c(O)c(C(F)(F)C(F)(F)F)c1C(F)(F)C(F)(F)F. The Kier molecular flexibility index (Phi) is 7.08. The molecule has 1 N–H and O–H groups in total. The maximum Gasteiger partial charge on any atom is 0.458 e. The highest BCUT2D eigenvalue weighted by Crippen LogP contribution is 2.62. The molecule has 0 aliphatic rings. The van der Waals surface area contributed by atoms with Gasteiger partial charge in [0.15, 0.2) is 0 Å². The molecule has 0 aliphatic heterocycles. The van der Waals surface area contributed by atoms with Crippen molar-refractivity contribution in [3.63, 3.8) is 0 Å². The van der Waals surface area contributed by atoms with Gasteiger partial charge in [-0.3, -0.25) is 0 Å². The van der Waals surface area contributed by atoms with E-state index in [-0.39, 0.29) is 0 Å². The van der Waals surface area contributed by atoms with Crippen LogP contribution in [0.15, 0.2) is 0 Å². The second-order valence-corrected chi connectivity index (χ2v) is 6.76. The molecule has 0 aliphatic carbocycles. The average Bonchev–Trinajstić information content (AvgIpc) is 2.57. The standard InChI is InChI=1S/C15H4F20O/c1-2-3(8(16,17)12(24,25)26)5(10(20,21)14(30,31)32)7(36)6(11(22,23)15(33,34)35)4(2)9(18,19)13(27,28)29/h36H,1H3. The van der Waals surface area contributed by atoms with Crippen molar-refractivity contribution < 1.29 is 92.9 Å². The van der Waals surface area contributed by atoms with E-state index in [4.69, 9.17) is 0 Å². The van der Waals surface area contributed by atoms with Crippen molar-refractivity contribution in [3.8, 4) is 5.75 Å². The Morgan fingerprint density at radius 1 is 0.361 bits per heavy atom. The number of rotatable bonds is 4. The number of halogens is 20. The van der Waals surface area contributed by atoms with Gasteiger partial charge in [-0.1, -0.05) is 0 Å². The lowest BCUT2D eigenvalue weighted by molar-refractivity contribution is -0.307. The Morgan fingerprint density at radius 3 is 0.694 bits per heavy atom. The molecule has 0 amide bonds. The smallest absolute Gasteiger partial charge is 0.458 e. The molecule has 0 atom stereocenters. The molecule has 1 aromatic rings. The van der Waals surface area contributed by atoms with Crippen LogP contribution >= 0.6 is 0 Å². The highest BCUT2D eigenvalue weighted by Gasteiger charge is 2.73. The molecule has 0 bridgehead atoms. The number of hydrogen-bond donors (Lipinski definition) is 1. The van der Waals surface area contributed by atoms with Gasteiger partial charge in [0, 0.05) is 11.1 Å². The molecule has 1 nitrogen and oxygen atoms in total. The normalized spacial score (nSPS) is 15.5. The van der Waals surface area contributed by atoms with Crippen LogP contribution in [0, 0.1) is 6.92 Å². The maximum atomic E-state index is 13.9. The van der Waals surface area contributed by atoms with Crippen molar-refractivity contribution in [2.75, 3.05) is 0 Å². The summed E-state index contributed by atoms with van der Waals surface area (Å²) in [6.07, 6.45) is -29.9. The van der Waals surface area contributed by atoms with Crippen LogP contribution in [0.2, 0.25) is 0 Å². The van der Waals surface area contributed by atoms with Gasteiger partial charge in [0.1, 0.15) is 5.75 Å². The monoisotopic (exact) mass is 580 g/mol.